The fourth-order valence-electron chi connectivity index (χ4n) is 13.9. The minimum atomic E-state index is -1.25. The van der Waals surface area contributed by atoms with Gasteiger partial charge >= 0.3 is 0 Å². The van der Waals surface area contributed by atoms with Crippen LogP contribution in [0.15, 0.2) is 0 Å². The summed E-state index contributed by atoms with van der Waals surface area (Å²) in [6, 6.07) is 0. The summed E-state index contributed by atoms with van der Waals surface area (Å²) in [4.78, 5) is 14.8. The van der Waals surface area contributed by atoms with Crippen LogP contribution in [0.2, 0.25) is 0 Å². The van der Waals surface area contributed by atoms with E-state index < -0.39 is 23.9 Å². The second-order valence-corrected chi connectivity index (χ2v) is 19.1. The molecule has 0 bridgehead atoms. The Kier molecular flexibility index (Phi) is 7.16. The van der Waals surface area contributed by atoms with E-state index in [2.05, 4.69) is 34.6 Å². The normalized spacial score (nSPS) is 53.3. The second-order valence-electron chi connectivity index (χ2n) is 19.1. The first-order chi connectivity index (χ1) is 21.5. The molecule has 0 aromatic carbocycles. The summed E-state index contributed by atoms with van der Waals surface area (Å²) in [6.45, 7) is 17.1. The van der Waals surface area contributed by atoms with Crippen molar-refractivity contribution < 1.29 is 34.3 Å². The molecular formula is C38H61NO7. The van der Waals surface area contributed by atoms with E-state index in [4.69, 9.17) is 14.2 Å². The Morgan fingerprint density at radius 2 is 1.70 bits per heavy atom. The van der Waals surface area contributed by atoms with Gasteiger partial charge in [-0.3, -0.25) is 4.79 Å². The predicted octanol–water partition coefficient (Wildman–Crippen LogP) is 4.91. The third kappa shape index (κ3) is 4.15. The molecular weight excluding hydrogens is 582 g/mol. The Morgan fingerprint density at radius 1 is 1.00 bits per heavy atom. The highest BCUT2D eigenvalue weighted by Crippen LogP contribution is 2.89. The van der Waals surface area contributed by atoms with E-state index in [1.54, 1.807) is 13.8 Å². The summed E-state index contributed by atoms with van der Waals surface area (Å²) >= 11 is 0. The van der Waals surface area contributed by atoms with E-state index in [0.29, 0.717) is 49.3 Å². The topological polar surface area (TPSA) is 109 Å². The van der Waals surface area contributed by atoms with Crippen LogP contribution in [0.4, 0.5) is 0 Å². The van der Waals surface area contributed by atoms with Gasteiger partial charge in [-0.25, -0.2) is 0 Å². The van der Waals surface area contributed by atoms with Gasteiger partial charge in [-0.05, 0) is 123 Å². The summed E-state index contributed by atoms with van der Waals surface area (Å²) < 4.78 is 19.6. The third-order valence-corrected chi connectivity index (χ3v) is 16.4. The van der Waals surface area contributed by atoms with Crippen LogP contribution in [0, 0.1) is 56.7 Å². The molecule has 8 rings (SSSR count). The van der Waals surface area contributed by atoms with Crippen molar-refractivity contribution in [1.82, 2.24) is 4.90 Å². The summed E-state index contributed by atoms with van der Waals surface area (Å²) in [7, 11) is 0. The van der Waals surface area contributed by atoms with Gasteiger partial charge in [0.1, 0.15) is 6.10 Å². The number of nitrogens with zero attached hydrogens (tertiary/aromatic N) is 1. The summed E-state index contributed by atoms with van der Waals surface area (Å²) in [5.41, 5.74) is -0.999. The summed E-state index contributed by atoms with van der Waals surface area (Å²) in [5.74, 6) is 2.06. The van der Waals surface area contributed by atoms with Crippen molar-refractivity contribution in [3.8, 4) is 0 Å². The van der Waals surface area contributed by atoms with Gasteiger partial charge in [-0.1, -0.05) is 34.6 Å². The zero-order chi connectivity index (χ0) is 32.8. The molecule has 8 aliphatic rings. The minimum Gasteiger partial charge on any atom is -0.390 e. The lowest BCUT2D eigenvalue weighted by Crippen LogP contribution is -2.60. The molecule has 46 heavy (non-hydrogen) atoms. The lowest BCUT2D eigenvalue weighted by Gasteiger charge is -2.64. The number of morpholine rings is 1. The van der Waals surface area contributed by atoms with E-state index in [9.17, 15) is 20.1 Å². The number of carbonyl (C=O) groups is 1. The maximum Gasteiger partial charge on any atom is 0.225 e. The summed E-state index contributed by atoms with van der Waals surface area (Å²) in [6.07, 6.45) is 8.23. The van der Waals surface area contributed by atoms with Crippen LogP contribution in [0.3, 0.4) is 0 Å². The fourth-order valence-corrected chi connectivity index (χ4v) is 13.9. The van der Waals surface area contributed by atoms with E-state index in [-0.39, 0.29) is 57.9 Å². The number of ether oxygens (including phenoxy) is 3. The highest BCUT2D eigenvalue weighted by atomic mass is 16.7. The van der Waals surface area contributed by atoms with Gasteiger partial charge in [0, 0.05) is 17.9 Å². The van der Waals surface area contributed by atoms with Gasteiger partial charge in [-0.2, -0.15) is 0 Å². The zero-order valence-electron chi connectivity index (χ0n) is 29.5. The number of aliphatic hydroxyl groups excluding tert-OH is 2. The van der Waals surface area contributed by atoms with E-state index in [1.165, 1.54) is 19.3 Å². The highest BCUT2D eigenvalue weighted by Gasteiger charge is 2.84. The largest absolute Gasteiger partial charge is 0.390 e. The van der Waals surface area contributed by atoms with E-state index >= 15 is 0 Å². The molecule has 4 unspecified atom stereocenters. The van der Waals surface area contributed by atoms with Crippen molar-refractivity contribution in [3.05, 3.63) is 0 Å². The number of carbonyl (C=O) groups excluding carboxylic acids is 1. The Labute approximate surface area is 276 Å². The van der Waals surface area contributed by atoms with Crippen LogP contribution in [-0.2, 0) is 19.0 Å². The van der Waals surface area contributed by atoms with Crippen LogP contribution in [-0.4, -0.2) is 88.2 Å². The fraction of sp³-hybridized carbons (Fsp3) is 0.974. The second kappa shape index (κ2) is 10.2. The van der Waals surface area contributed by atoms with E-state index in [1.807, 2.05) is 4.90 Å². The predicted molar refractivity (Wildman–Crippen MR) is 172 cm³/mol. The van der Waals surface area contributed by atoms with E-state index in [0.717, 1.165) is 38.5 Å². The monoisotopic (exact) mass is 643 g/mol. The third-order valence-electron chi connectivity index (χ3n) is 16.4. The molecule has 14 atom stereocenters. The molecule has 2 saturated heterocycles. The summed E-state index contributed by atoms with van der Waals surface area (Å²) in [5, 5.41) is 34.1. The average molecular weight is 644 g/mol. The van der Waals surface area contributed by atoms with Crippen LogP contribution in [0.25, 0.3) is 0 Å². The van der Waals surface area contributed by atoms with Crippen molar-refractivity contribution in [2.45, 2.75) is 155 Å². The quantitative estimate of drug-likeness (QED) is 0.391. The van der Waals surface area contributed by atoms with Crippen molar-refractivity contribution in [2.75, 3.05) is 19.7 Å². The Balaban J connectivity index is 1.02. The van der Waals surface area contributed by atoms with Gasteiger partial charge in [0.15, 0.2) is 6.29 Å². The zero-order valence-corrected chi connectivity index (χ0v) is 29.5. The van der Waals surface area contributed by atoms with Crippen LogP contribution in [0.5, 0.6) is 0 Å². The minimum absolute atomic E-state index is 0.000869. The molecule has 260 valence electrons. The number of rotatable bonds is 5. The average Bonchev–Trinajstić information content (AvgIpc) is 3.92. The maximum atomic E-state index is 12.8. The van der Waals surface area contributed by atoms with Gasteiger partial charge < -0.3 is 34.4 Å². The molecule has 0 aromatic rings. The van der Waals surface area contributed by atoms with Crippen LogP contribution in [0.1, 0.15) is 113 Å². The van der Waals surface area contributed by atoms with Crippen molar-refractivity contribution in [1.29, 1.82) is 0 Å². The van der Waals surface area contributed by atoms with Gasteiger partial charge in [0.05, 0.1) is 43.2 Å². The van der Waals surface area contributed by atoms with Crippen molar-refractivity contribution in [3.63, 3.8) is 0 Å². The molecule has 2 heterocycles. The molecule has 8 fully saturated rings. The smallest absolute Gasteiger partial charge is 0.225 e. The molecule has 2 spiro atoms. The molecule has 1 amide bonds. The van der Waals surface area contributed by atoms with Crippen molar-refractivity contribution >= 4 is 5.91 Å². The Morgan fingerprint density at radius 3 is 2.39 bits per heavy atom. The Bertz CT molecular complexity index is 1250. The molecule has 8 nitrogen and oxygen atoms in total. The van der Waals surface area contributed by atoms with Gasteiger partial charge in [-0.15, -0.1) is 0 Å². The highest BCUT2D eigenvalue weighted by molar-refractivity contribution is 5.81. The Hall–Kier alpha value is -0.770. The molecule has 6 aliphatic carbocycles. The maximum absolute atomic E-state index is 12.8. The molecule has 0 radical (unpaired) electrons. The first kappa shape index (κ1) is 32.4. The first-order valence-corrected chi connectivity index (χ1v) is 18.8. The number of hydrogen-bond donors (Lipinski definition) is 3. The van der Waals surface area contributed by atoms with Gasteiger partial charge in [0.2, 0.25) is 5.91 Å². The SMILES string of the molecule is C[C@@H]1C[C@H]([C@H](O)C(C)(C)O)O[C@H]2C1[C@@]1(C)CC[C@@]34CC35CCC(OC3CN(C(=O)C6CC6)CCO3)C(C)(C)[C@@H]5CC[C@H]4[C@]1(C)[C@H]2O. The number of hydrogen-bond acceptors (Lipinski definition) is 7. The van der Waals surface area contributed by atoms with Gasteiger partial charge in [0.25, 0.3) is 0 Å². The molecule has 6 saturated carbocycles. The molecule has 3 N–H and O–H groups in total. The van der Waals surface area contributed by atoms with Crippen molar-refractivity contribution in [2.24, 2.45) is 56.7 Å². The first-order valence-electron chi connectivity index (χ1n) is 18.8. The number of amides is 1. The van der Waals surface area contributed by atoms with Crippen LogP contribution >= 0.6 is 0 Å². The number of aliphatic hydroxyl groups is 3. The molecule has 0 aromatic heterocycles. The lowest BCUT2D eigenvalue weighted by atomic mass is 9.41. The standard InChI is InChI=1S/C38H61NO7/c1-21-18-23(30(40)34(4,5)43)45-29-28(21)35(6)14-15-38-20-37(38)13-12-26(46-27-19-39(16-17-44-27)32(42)22-8-9-22)33(2,3)24(37)10-11-25(38)36(35,7)31(29)41/h21-31,40-41,43H,8-20H2,1-7H3/t21-,23-,24+,25+,26?,27?,28?,29+,30+,31+,35-,36-,37?,38+/m1/s1. The molecule has 8 heteroatoms. The number of fused-ring (bicyclic) bond motifs is 4. The molecule has 2 aliphatic heterocycles. The lowest BCUT2D eigenvalue weighted by molar-refractivity contribution is -0.248. The van der Waals surface area contributed by atoms with Crippen LogP contribution < -0.4 is 0 Å².